The molecular weight excluding hydrogens is 260 g/mol. The van der Waals surface area contributed by atoms with Gasteiger partial charge in [0.2, 0.25) is 0 Å². The van der Waals surface area contributed by atoms with E-state index in [-0.39, 0.29) is 17.5 Å². The SMILES string of the molecule is CC(C)(C)CC(CNC(=O)c1c[nH]ccc1=O)C(=O)O. The monoisotopic (exact) mass is 280 g/mol. The second-order valence-electron chi connectivity index (χ2n) is 5.93. The van der Waals surface area contributed by atoms with Crippen LogP contribution in [0.1, 0.15) is 37.6 Å². The van der Waals surface area contributed by atoms with Gasteiger partial charge >= 0.3 is 5.97 Å². The molecule has 1 atom stereocenters. The number of hydrogen-bond acceptors (Lipinski definition) is 3. The molecule has 0 aliphatic carbocycles. The number of carbonyl (C=O) groups is 2. The number of carboxylic acid groups (broad SMARTS) is 1. The first-order valence-corrected chi connectivity index (χ1v) is 6.39. The molecule has 0 bridgehead atoms. The van der Waals surface area contributed by atoms with Crippen molar-refractivity contribution < 1.29 is 14.7 Å². The zero-order valence-corrected chi connectivity index (χ0v) is 11.9. The molecule has 0 radical (unpaired) electrons. The summed E-state index contributed by atoms with van der Waals surface area (Å²) in [5.74, 6) is -2.20. The predicted molar refractivity (Wildman–Crippen MR) is 74.6 cm³/mol. The van der Waals surface area contributed by atoms with E-state index in [1.54, 1.807) is 0 Å². The summed E-state index contributed by atoms with van der Waals surface area (Å²) in [5, 5.41) is 11.7. The number of carbonyl (C=O) groups excluding carboxylic acids is 1. The summed E-state index contributed by atoms with van der Waals surface area (Å²) in [5.41, 5.74) is -0.575. The van der Waals surface area contributed by atoms with Crippen LogP contribution in [0.25, 0.3) is 0 Å². The van der Waals surface area contributed by atoms with Crippen LogP contribution in [0.15, 0.2) is 23.3 Å². The molecule has 0 aliphatic heterocycles. The molecule has 20 heavy (non-hydrogen) atoms. The van der Waals surface area contributed by atoms with Crippen molar-refractivity contribution in [2.24, 2.45) is 11.3 Å². The number of H-pyrrole nitrogens is 1. The maximum absolute atomic E-state index is 11.8. The fourth-order valence-corrected chi connectivity index (χ4v) is 1.89. The molecule has 6 nitrogen and oxygen atoms in total. The van der Waals surface area contributed by atoms with Gasteiger partial charge in [0.1, 0.15) is 5.56 Å². The number of aromatic amines is 1. The van der Waals surface area contributed by atoms with Gasteiger partial charge in [-0.15, -0.1) is 0 Å². The van der Waals surface area contributed by atoms with Gasteiger partial charge in [-0.2, -0.15) is 0 Å². The summed E-state index contributed by atoms with van der Waals surface area (Å²) in [7, 11) is 0. The Balaban J connectivity index is 2.69. The molecule has 1 aromatic heterocycles. The largest absolute Gasteiger partial charge is 0.481 e. The molecule has 0 saturated heterocycles. The molecule has 0 saturated carbocycles. The highest BCUT2D eigenvalue weighted by atomic mass is 16.4. The lowest BCUT2D eigenvalue weighted by Crippen LogP contribution is -2.36. The second kappa shape index (κ2) is 6.36. The first kappa shape index (κ1) is 15.9. The summed E-state index contributed by atoms with van der Waals surface area (Å²) in [6.45, 7) is 5.81. The first-order chi connectivity index (χ1) is 9.20. The second-order valence-corrected chi connectivity index (χ2v) is 5.93. The minimum Gasteiger partial charge on any atom is -0.481 e. The third kappa shape index (κ3) is 4.87. The van der Waals surface area contributed by atoms with E-state index in [4.69, 9.17) is 5.11 Å². The number of hydrogen-bond donors (Lipinski definition) is 3. The molecule has 6 heteroatoms. The predicted octanol–water partition coefficient (Wildman–Crippen LogP) is 1.24. The Hall–Kier alpha value is -2.11. The zero-order chi connectivity index (χ0) is 15.3. The summed E-state index contributed by atoms with van der Waals surface area (Å²) in [4.78, 5) is 37.1. The fourth-order valence-electron chi connectivity index (χ4n) is 1.89. The van der Waals surface area contributed by atoms with Crippen molar-refractivity contribution in [1.29, 1.82) is 0 Å². The summed E-state index contributed by atoms with van der Waals surface area (Å²) in [6.07, 6.45) is 3.17. The highest BCUT2D eigenvalue weighted by molar-refractivity contribution is 5.93. The van der Waals surface area contributed by atoms with Gasteiger partial charge in [0.25, 0.3) is 5.91 Å². The maximum atomic E-state index is 11.8. The van der Waals surface area contributed by atoms with Crippen LogP contribution >= 0.6 is 0 Å². The highest BCUT2D eigenvalue weighted by Gasteiger charge is 2.25. The lowest BCUT2D eigenvalue weighted by molar-refractivity contribution is -0.142. The van der Waals surface area contributed by atoms with Crippen molar-refractivity contribution in [3.8, 4) is 0 Å². The zero-order valence-electron chi connectivity index (χ0n) is 11.9. The molecule has 110 valence electrons. The van der Waals surface area contributed by atoms with E-state index in [2.05, 4.69) is 10.3 Å². The van der Waals surface area contributed by atoms with Crippen LogP contribution in [0.5, 0.6) is 0 Å². The van der Waals surface area contributed by atoms with E-state index in [0.717, 1.165) is 0 Å². The third-order valence-electron chi connectivity index (χ3n) is 2.79. The van der Waals surface area contributed by atoms with Crippen LogP contribution in [0.3, 0.4) is 0 Å². The Bertz CT molecular complexity index is 543. The molecule has 0 aromatic carbocycles. The molecular formula is C14H20N2O4. The Morgan fingerprint density at radius 3 is 2.55 bits per heavy atom. The van der Waals surface area contributed by atoms with Gasteiger partial charge in [-0.1, -0.05) is 20.8 Å². The Labute approximate surface area is 117 Å². The van der Waals surface area contributed by atoms with Gasteiger partial charge in [-0.25, -0.2) is 0 Å². The number of aromatic nitrogens is 1. The van der Waals surface area contributed by atoms with Crippen LogP contribution in [0.4, 0.5) is 0 Å². The molecule has 1 amide bonds. The van der Waals surface area contributed by atoms with Crippen LogP contribution in [-0.2, 0) is 4.79 Å². The third-order valence-corrected chi connectivity index (χ3v) is 2.79. The Morgan fingerprint density at radius 1 is 1.40 bits per heavy atom. The Morgan fingerprint density at radius 2 is 2.05 bits per heavy atom. The molecule has 1 aromatic rings. The van der Waals surface area contributed by atoms with Crippen molar-refractivity contribution >= 4 is 11.9 Å². The van der Waals surface area contributed by atoms with Crippen molar-refractivity contribution in [3.63, 3.8) is 0 Å². The fraction of sp³-hybridized carbons (Fsp3) is 0.500. The number of aliphatic carboxylic acids is 1. The van der Waals surface area contributed by atoms with Gasteiger partial charge in [0.05, 0.1) is 5.92 Å². The number of amides is 1. The standard InChI is InChI=1S/C14H20N2O4/c1-14(2,3)6-9(13(19)20)7-16-12(18)10-8-15-5-4-11(10)17/h4-5,8-9H,6-7H2,1-3H3,(H,15,17)(H,16,18)(H,19,20). The summed E-state index contributed by atoms with van der Waals surface area (Å²) < 4.78 is 0. The summed E-state index contributed by atoms with van der Waals surface area (Å²) >= 11 is 0. The van der Waals surface area contributed by atoms with E-state index in [1.807, 2.05) is 20.8 Å². The van der Waals surface area contributed by atoms with E-state index in [9.17, 15) is 14.4 Å². The number of nitrogens with one attached hydrogen (secondary N) is 2. The van der Waals surface area contributed by atoms with Crippen molar-refractivity contribution in [1.82, 2.24) is 10.3 Å². The van der Waals surface area contributed by atoms with Gasteiger partial charge in [0, 0.05) is 25.0 Å². The van der Waals surface area contributed by atoms with E-state index >= 15 is 0 Å². The van der Waals surface area contributed by atoms with Gasteiger partial charge in [-0.05, 0) is 11.8 Å². The van der Waals surface area contributed by atoms with E-state index in [0.29, 0.717) is 6.42 Å². The van der Waals surface area contributed by atoms with Crippen LogP contribution < -0.4 is 10.7 Å². The van der Waals surface area contributed by atoms with Crippen LogP contribution in [-0.4, -0.2) is 28.5 Å². The lowest BCUT2D eigenvalue weighted by Gasteiger charge is -2.23. The average molecular weight is 280 g/mol. The highest BCUT2D eigenvalue weighted by Crippen LogP contribution is 2.24. The van der Waals surface area contributed by atoms with Gasteiger partial charge in [0.15, 0.2) is 5.43 Å². The molecule has 1 unspecified atom stereocenters. The van der Waals surface area contributed by atoms with Crippen molar-refractivity contribution in [2.75, 3.05) is 6.54 Å². The van der Waals surface area contributed by atoms with E-state index < -0.39 is 23.2 Å². The molecule has 3 N–H and O–H groups in total. The average Bonchev–Trinajstić information content (AvgIpc) is 2.33. The number of carboxylic acids is 1. The summed E-state index contributed by atoms with van der Waals surface area (Å²) in [6, 6.07) is 1.25. The smallest absolute Gasteiger partial charge is 0.308 e. The quantitative estimate of drug-likeness (QED) is 0.755. The molecule has 1 rings (SSSR count). The van der Waals surface area contributed by atoms with Crippen LogP contribution in [0.2, 0.25) is 0 Å². The molecule has 0 spiro atoms. The van der Waals surface area contributed by atoms with Crippen molar-refractivity contribution in [2.45, 2.75) is 27.2 Å². The van der Waals surface area contributed by atoms with Gasteiger partial charge in [-0.3, -0.25) is 14.4 Å². The van der Waals surface area contributed by atoms with Crippen LogP contribution in [0, 0.1) is 11.3 Å². The lowest BCUT2D eigenvalue weighted by atomic mass is 9.84. The molecule has 0 fully saturated rings. The van der Waals surface area contributed by atoms with Crippen molar-refractivity contribution in [3.05, 3.63) is 34.2 Å². The molecule has 0 aliphatic rings. The Kier molecular flexibility index (Phi) is 5.07. The maximum Gasteiger partial charge on any atom is 0.308 e. The molecule has 1 heterocycles. The number of rotatable bonds is 5. The van der Waals surface area contributed by atoms with Gasteiger partial charge < -0.3 is 15.4 Å². The minimum absolute atomic E-state index is 0.000227. The van der Waals surface area contributed by atoms with E-state index in [1.165, 1.54) is 18.5 Å². The minimum atomic E-state index is -0.956. The number of pyridine rings is 1. The topological polar surface area (TPSA) is 99.3 Å². The first-order valence-electron chi connectivity index (χ1n) is 6.39. The normalized spacial score (nSPS) is 12.8.